The molecule has 1 saturated heterocycles. The van der Waals surface area contributed by atoms with E-state index in [0.717, 1.165) is 11.3 Å². The maximum absolute atomic E-state index is 11.7. The number of rotatable bonds is 6. The molecule has 1 aliphatic heterocycles. The molecule has 0 bridgehead atoms. The minimum absolute atomic E-state index is 0.181. The standard InChI is InChI=1S/C16H21N3O5S/c1-12-4-3-5-13(10-12)22-8-6-15-17-18-16(24-15)14-11-19(7-9-23-14)25(2,20)21/h3-5,10,14H,6-9,11H2,1-2H3/t14-/m0/s1. The summed E-state index contributed by atoms with van der Waals surface area (Å²) in [6.07, 6.45) is 1.10. The molecule has 3 rings (SSSR count). The van der Waals surface area contributed by atoms with E-state index in [1.54, 1.807) is 0 Å². The van der Waals surface area contributed by atoms with Crippen molar-refractivity contribution < 1.29 is 22.3 Å². The van der Waals surface area contributed by atoms with E-state index in [-0.39, 0.29) is 6.54 Å². The van der Waals surface area contributed by atoms with Crippen molar-refractivity contribution in [3.63, 3.8) is 0 Å². The Hall–Kier alpha value is -1.97. The number of hydrogen-bond acceptors (Lipinski definition) is 7. The van der Waals surface area contributed by atoms with Crippen LogP contribution in [0.25, 0.3) is 0 Å². The van der Waals surface area contributed by atoms with Gasteiger partial charge in [-0.2, -0.15) is 4.31 Å². The summed E-state index contributed by atoms with van der Waals surface area (Å²) in [6.45, 7) is 3.22. The van der Waals surface area contributed by atoms with E-state index in [2.05, 4.69) is 10.2 Å². The van der Waals surface area contributed by atoms with Crippen LogP contribution < -0.4 is 4.74 Å². The van der Waals surface area contributed by atoms with Crippen LogP contribution in [0.2, 0.25) is 0 Å². The van der Waals surface area contributed by atoms with Gasteiger partial charge in [-0.25, -0.2) is 8.42 Å². The van der Waals surface area contributed by atoms with Crippen molar-refractivity contribution in [2.24, 2.45) is 0 Å². The van der Waals surface area contributed by atoms with Gasteiger partial charge in [0, 0.05) is 13.1 Å². The molecule has 1 fully saturated rings. The Morgan fingerprint density at radius 3 is 2.96 bits per heavy atom. The van der Waals surface area contributed by atoms with E-state index in [0.29, 0.717) is 38.0 Å². The summed E-state index contributed by atoms with van der Waals surface area (Å²) in [5.41, 5.74) is 1.13. The van der Waals surface area contributed by atoms with Gasteiger partial charge >= 0.3 is 0 Å². The maximum atomic E-state index is 11.7. The average Bonchev–Trinajstić information content (AvgIpc) is 3.03. The first-order valence-corrected chi connectivity index (χ1v) is 9.85. The predicted octanol–water partition coefficient (Wildman–Crippen LogP) is 1.33. The first-order valence-electron chi connectivity index (χ1n) is 8.00. The molecule has 2 aromatic rings. The quantitative estimate of drug-likeness (QED) is 0.760. The number of hydrogen-bond donors (Lipinski definition) is 0. The summed E-state index contributed by atoms with van der Waals surface area (Å²) < 4.78 is 41.5. The van der Waals surface area contributed by atoms with Crippen molar-refractivity contribution in [1.82, 2.24) is 14.5 Å². The summed E-state index contributed by atoms with van der Waals surface area (Å²) >= 11 is 0. The zero-order chi connectivity index (χ0) is 17.9. The van der Waals surface area contributed by atoms with Gasteiger partial charge in [-0.05, 0) is 24.6 Å². The van der Waals surface area contributed by atoms with Crippen LogP contribution in [0, 0.1) is 6.92 Å². The number of nitrogens with zero attached hydrogens (tertiary/aromatic N) is 3. The Bertz CT molecular complexity index is 821. The van der Waals surface area contributed by atoms with Crippen LogP contribution in [0.1, 0.15) is 23.4 Å². The number of morpholine rings is 1. The Kier molecular flexibility index (Phi) is 5.36. The fraction of sp³-hybridized carbons (Fsp3) is 0.500. The van der Waals surface area contributed by atoms with Gasteiger partial charge in [-0.1, -0.05) is 12.1 Å². The highest BCUT2D eigenvalue weighted by molar-refractivity contribution is 7.88. The summed E-state index contributed by atoms with van der Waals surface area (Å²) in [5, 5.41) is 7.96. The van der Waals surface area contributed by atoms with Gasteiger partial charge in [0.15, 0.2) is 0 Å². The third-order valence-electron chi connectivity index (χ3n) is 3.83. The third kappa shape index (κ3) is 4.77. The molecule has 25 heavy (non-hydrogen) atoms. The van der Waals surface area contributed by atoms with E-state index in [1.807, 2.05) is 31.2 Å². The van der Waals surface area contributed by atoms with Crippen LogP contribution in [0.4, 0.5) is 0 Å². The van der Waals surface area contributed by atoms with Crippen molar-refractivity contribution >= 4 is 10.0 Å². The molecule has 0 unspecified atom stereocenters. The van der Waals surface area contributed by atoms with Crippen LogP contribution in [-0.2, 0) is 21.2 Å². The number of aryl methyl sites for hydroxylation is 1. The normalized spacial score (nSPS) is 19.0. The molecule has 9 heteroatoms. The summed E-state index contributed by atoms with van der Waals surface area (Å²) in [6, 6.07) is 7.78. The fourth-order valence-corrected chi connectivity index (χ4v) is 3.35. The van der Waals surface area contributed by atoms with Crippen LogP contribution >= 0.6 is 0 Å². The zero-order valence-electron chi connectivity index (χ0n) is 14.2. The van der Waals surface area contributed by atoms with Gasteiger partial charge in [0.25, 0.3) is 0 Å². The maximum Gasteiger partial charge on any atom is 0.246 e. The lowest BCUT2D eigenvalue weighted by molar-refractivity contribution is -0.0176. The lowest BCUT2D eigenvalue weighted by atomic mass is 10.2. The van der Waals surface area contributed by atoms with Crippen molar-refractivity contribution in [2.75, 3.05) is 32.6 Å². The van der Waals surface area contributed by atoms with Crippen LogP contribution in [0.3, 0.4) is 0 Å². The van der Waals surface area contributed by atoms with E-state index in [4.69, 9.17) is 13.9 Å². The predicted molar refractivity (Wildman–Crippen MR) is 89.8 cm³/mol. The average molecular weight is 367 g/mol. The second-order valence-corrected chi connectivity index (χ2v) is 7.91. The summed E-state index contributed by atoms with van der Waals surface area (Å²) in [5.74, 6) is 1.51. The molecule has 0 aliphatic carbocycles. The molecular formula is C16H21N3O5S. The summed E-state index contributed by atoms with van der Waals surface area (Å²) in [7, 11) is -3.26. The van der Waals surface area contributed by atoms with Gasteiger partial charge in [0.05, 0.1) is 25.9 Å². The number of sulfonamides is 1. The Labute approximate surface area is 146 Å². The second-order valence-electron chi connectivity index (χ2n) is 5.93. The van der Waals surface area contributed by atoms with Crippen LogP contribution in [0.5, 0.6) is 5.75 Å². The molecule has 2 heterocycles. The monoisotopic (exact) mass is 367 g/mol. The molecule has 1 atom stereocenters. The van der Waals surface area contributed by atoms with Crippen molar-refractivity contribution in [1.29, 1.82) is 0 Å². The first-order chi connectivity index (χ1) is 11.9. The topological polar surface area (TPSA) is 94.8 Å². The highest BCUT2D eigenvalue weighted by atomic mass is 32.2. The van der Waals surface area contributed by atoms with E-state index in [1.165, 1.54) is 10.6 Å². The van der Waals surface area contributed by atoms with Crippen molar-refractivity contribution in [3.8, 4) is 5.75 Å². The van der Waals surface area contributed by atoms with Gasteiger partial charge < -0.3 is 13.9 Å². The highest BCUT2D eigenvalue weighted by Gasteiger charge is 2.30. The lowest BCUT2D eigenvalue weighted by Gasteiger charge is -2.29. The Balaban J connectivity index is 1.55. The molecule has 1 aromatic carbocycles. The van der Waals surface area contributed by atoms with E-state index >= 15 is 0 Å². The molecule has 0 N–H and O–H groups in total. The third-order valence-corrected chi connectivity index (χ3v) is 5.10. The first kappa shape index (κ1) is 17.8. The van der Waals surface area contributed by atoms with Gasteiger partial charge in [0.2, 0.25) is 21.8 Å². The minimum Gasteiger partial charge on any atom is -0.493 e. The molecule has 0 radical (unpaired) electrons. The highest BCUT2D eigenvalue weighted by Crippen LogP contribution is 2.22. The van der Waals surface area contributed by atoms with E-state index < -0.39 is 16.1 Å². The largest absolute Gasteiger partial charge is 0.493 e. The fourth-order valence-electron chi connectivity index (χ4n) is 2.54. The van der Waals surface area contributed by atoms with Crippen LogP contribution in [-0.4, -0.2) is 55.5 Å². The molecule has 1 aliphatic rings. The zero-order valence-corrected chi connectivity index (χ0v) is 15.0. The molecule has 136 valence electrons. The SMILES string of the molecule is Cc1cccc(OCCc2nnc([C@@H]3CN(S(C)(=O)=O)CCO3)o2)c1. The minimum atomic E-state index is -3.26. The number of ether oxygens (including phenoxy) is 2. The molecule has 0 saturated carbocycles. The molecule has 8 nitrogen and oxygen atoms in total. The molecule has 0 amide bonds. The Morgan fingerprint density at radius 2 is 2.20 bits per heavy atom. The summed E-state index contributed by atoms with van der Waals surface area (Å²) in [4.78, 5) is 0. The lowest BCUT2D eigenvalue weighted by Crippen LogP contribution is -2.41. The van der Waals surface area contributed by atoms with Crippen LogP contribution in [0.15, 0.2) is 28.7 Å². The van der Waals surface area contributed by atoms with Gasteiger partial charge in [-0.15, -0.1) is 10.2 Å². The molecular weight excluding hydrogens is 346 g/mol. The van der Waals surface area contributed by atoms with E-state index in [9.17, 15) is 8.42 Å². The van der Waals surface area contributed by atoms with Gasteiger partial charge in [0.1, 0.15) is 11.9 Å². The van der Waals surface area contributed by atoms with Gasteiger partial charge in [-0.3, -0.25) is 0 Å². The second kappa shape index (κ2) is 7.51. The van der Waals surface area contributed by atoms with Crippen molar-refractivity contribution in [2.45, 2.75) is 19.4 Å². The smallest absolute Gasteiger partial charge is 0.246 e. The molecule has 0 spiro atoms. The number of aromatic nitrogens is 2. The molecule has 1 aromatic heterocycles. The number of benzene rings is 1. The van der Waals surface area contributed by atoms with Crippen molar-refractivity contribution in [3.05, 3.63) is 41.6 Å². The Morgan fingerprint density at radius 1 is 1.36 bits per heavy atom.